The summed E-state index contributed by atoms with van der Waals surface area (Å²) in [5, 5.41) is 21.8. The molecule has 0 aliphatic carbocycles. The summed E-state index contributed by atoms with van der Waals surface area (Å²) in [4.78, 5) is 0. The minimum atomic E-state index is -4.82. The molecule has 27 heavy (non-hydrogen) atoms. The summed E-state index contributed by atoms with van der Waals surface area (Å²) in [6.07, 6.45) is -2.92. The van der Waals surface area contributed by atoms with Crippen molar-refractivity contribution in [3.05, 3.63) is 35.5 Å². The van der Waals surface area contributed by atoms with Crippen LogP contribution >= 0.6 is 0 Å². The van der Waals surface area contributed by atoms with E-state index >= 15 is 0 Å². The van der Waals surface area contributed by atoms with Crippen molar-refractivity contribution < 1.29 is 27.8 Å². The van der Waals surface area contributed by atoms with Crippen LogP contribution in [0.5, 0.6) is 11.5 Å². The van der Waals surface area contributed by atoms with Crippen LogP contribution < -0.4 is 10.1 Å². The number of aromatic hydroxyl groups is 1. The normalized spacial score (nSPS) is 15.7. The first-order chi connectivity index (χ1) is 12.8. The average Bonchev–Trinajstić information content (AvgIpc) is 2.60. The maximum atomic E-state index is 12.3. The molecule has 1 fully saturated rings. The highest BCUT2D eigenvalue weighted by molar-refractivity contribution is 5.71. The zero-order valence-corrected chi connectivity index (χ0v) is 14.7. The molecule has 1 aromatic heterocycles. The quantitative estimate of drug-likeness (QED) is 0.825. The highest BCUT2D eigenvalue weighted by atomic mass is 19.4. The number of aryl methyl sites for hydroxylation is 1. The van der Waals surface area contributed by atoms with Gasteiger partial charge in [-0.3, -0.25) is 0 Å². The molecule has 9 heteroatoms. The van der Waals surface area contributed by atoms with Gasteiger partial charge in [0.15, 0.2) is 0 Å². The van der Waals surface area contributed by atoms with Gasteiger partial charge in [-0.05, 0) is 43.5 Å². The molecule has 6 nitrogen and oxygen atoms in total. The molecular weight excluding hydrogens is 363 g/mol. The van der Waals surface area contributed by atoms with Crippen LogP contribution in [0.2, 0.25) is 0 Å². The van der Waals surface area contributed by atoms with Crippen LogP contribution in [0.15, 0.2) is 24.3 Å². The predicted molar refractivity (Wildman–Crippen MR) is 91.2 cm³/mol. The van der Waals surface area contributed by atoms with E-state index in [1.54, 1.807) is 19.1 Å². The molecule has 3 rings (SSSR count). The maximum absolute atomic E-state index is 12.3. The Labute approximate surface area is 154 Å². The van der Waals surface area contributed by atoms with Gasteiger partial charge in [0.1, 0.15) is 11.5 Å². The number of phenols is 1. The molecule has 2 N–H and O–H groups in total. The minimum Gasteiger partial charge on any atom is -0.507 e. The third kappa shape index (κ3) is 5.30. The number of nitrogens with one attached hydrogen (secondary N) is 1. The van der Waals surface area contributed by atoms with Crippen molar-refractivity contribution in [1.29, 1.82) is 0 Å². The van der Waals surface area contributed by atoms with Gasteiger partial charge >= 0.3 is 6.36 Å². The van der Waals surface area contributed by atoms with Crippen molar-refractivity contribution >= 4 is 0 Å². The molecule has 0 saturated carbocycles. The lowest BCUT2D eigenvalue weighted by molar-refractivity contribution is -0.274. The number of nitrogens with zero attached hydrogens (tertiary/aromatic N) is 2. The monoisotopic (exact) mass is 383 g/mol. The lowest BCUT2D eigenvalue weighted by Gasteiger charge is -2.22. The number of aromatic nitrogens is 2. The Kier molecular flexibility index (Phi) is 5.81. The third-order valence-electron chi connectivity index (χ3n) is 4.29. The average molecular weight is 383 g/mol. The minimum absolute atomic E-state index is 0.320. The summed E-state index contributed by atoms with van der Waals surface area (Å²) in [7, 11) is 0. The van der Waals surface area contributed by atoms with Crippen LogP contribution in [-0.4, -0.2) is 40.9 Å². The standard InChI is InChI=1S/C18H20F3N3O3/c1-11-8-14(27-18(19,20)21)9-16(25)17(11)15-3-2-13(23-24-15)10-22-12-4-6-26-7-5-12/h2-3,8-9,12,22,25H,4-7,10H2,1H3. The summed E-state index contributed by atoms with van der Waals surface area (Å²) in [6, 6.07) is 5.95. The lowest BCUT2D eigenvalue weighted by atomic mass is 10.0. The molecule has 2 heterocycles. The zero-order valence-electron chi connectivity index (χ0n) is 14.7. The van der Waals surface area contributed by atoms with Crippen molar-refractivity contribution in [2.75, 3.05) is 13.2 Å². The molecule has 1 aliphatic rings. The molecule has 1 saturated heterocycles. The summed E-state index contributed by atoms with van der Waals surface area (Å²) in [5.74, 6) is -0.830. The Morgan fingerprint density at radius 3 is 2.56 bits per heavy atom. The highest BCUT2D eigenvalue weighted by Crippen LogP contribution is 2.36. The summed E-state index contributed by atoms with van der Waals surface area (Å²) < 4.78 is 46.2. The second kappa shape index (κ2) is 8.10. The van der Waals surface area contributed by atoms with E-state index in [0.717, 1.165) is 37.8 Å². The van der Waals surface area contributed by atoms with Crippen molar-refractivity contribution in [2.45, 2.75) is 38.7 Å². The number of ether oxygens (including phenoxy) is 2. The smallest absolute Gasteiger partial charge is 0.507 e. The van der Waals surface area contributed by atoms with Crippen LogP contribution in [0.4, 0.5) is 13.2 Å². The van der Waals surface area contributed by atoms with Gasteiger partial charge in [-0.1, -0.05) is 0 Å². The number of hydrogen-bond donors (Lipinski definition) is 2. The Morgan fingerprint density at radius 2 is 1.96 bits per heavy atom. The SMILES string of the molecule is Cc1cc(OC(F)(F)F)cc(O)c1-c1ccc(CNC2CCOCC2)nn1. The summed E-state index contributed by atoms with van der Waals surface area (Å²) in [6.45, 7) is 3.62. The van der Waals surface area contributed by atoms with E-state index in [4.69, 9.17) is 4.74 Å². The fourth-order valence-corrected chi connectivity index (χ4v) is 3.00. The molecule has 1 aliphatic heterocycles. The van der Waals surface area contributed by atoms with E-state index in [-0.39, 0.29) is 5.75 Å². The van der Waals surface area contributed by atoms with E-state index in [9.17, 15) is 18.3 Å². The zero-order chi connectivity index (χ0) is 19.4. The number of rotatable bonds is 5. The Hall–Kier alpha value is -2.39. The molecule has 0 radical (unpaired) electrons. The van der Waals surface area contributed by atoms with Crippen molar-refractivity contribution in [1.82, 2.24) is 15.5 Å². The highest BCUT2D eigenvalue weighted by Gasteiger charge is 2.31. The van der Waals surface area contributed by atoms with Gasteiger partial charge in [0.05, 0.1) is 11.4 Å². The molecule has 0 bridgehead atoms. The van der Waals surface area contributed by atoms with E-state index in [1.165, 1.54) is 6.07 Å². The fraction of sp³-hybridized carbons (Fsp3) is 0.444. The Morgan fingerprint density at radius 1 is 1.22 bits per heavy atom. The van der Waals surface area contributed by atoms with Gasteiger partial charge in [0.2, 0.25) is 0 Å². The first-order valence-electron chi connectivity index (χ1n) is 8.55. The first-order valence-corrected chi connectivity index (χ1v) is 8.55. The molecule has 0 amide bonds. The molecule has 146 valence electrons. The molecule has 1 aromatic carbocycles. The second-order valence-corrected chi connectivity index (χ2v) is 6.36. The van der Waals surface area contributed by atoms with E-state index < -0.39 is 12.1 Å². The van der Waals surface area contributed by atoms with E-state index in [0.29, 0.717) is 29.4 Å². The molecule has 0 unspecified atom stereocenters. The molecular formula is C18H20F3N3O3. The van der Waals surface area contributed by atoms with Gasteiger partial charge in [0.25, 0.3) is 0 Å². The molecule has 0 atom stereocenters. The largest absolute Gasteiger partial charge is 0.573 e. The van der Waals surface area contributed by atoms with Gasteiger partial charge in [-0.2, -0.15) is 10.2 Å². The maximum Gasteiger partial charge on any atom is 0.573 e. The van der Waals surface area contributed by atoms with Crippen LogP contribution in [-0.2, 0) is 11.3 Å². The first kappa shape index (κ1) is 19.4. The second-order valence-electron chi connectivity index (χ2n) is 6.36. The third-order valence-corrected chi connectivity index (χ3v) is 4.29. The summed E-state index contributed by atoms with van der Waals surface area (Å²) >= 11 is 0. The van der Waals surface area contributed by atoms with Crippen molar-refractivity contribution in [3.8, 4) is 22.8 Å². The summed E-state index contributed by atoms with van der Waals surface area (Å²) in [5.41, 5.74) is 1.83. The van der Waals surface area contributed by atoms with Crippen LogP contribution in [0, 0.1) is 6.92 Å². The van der Waals surface area contributed by atoms with Crippen molar-refractivity contribution in [3.63, 3.8) is 0 Å². The Bertz CT molecular complexity index is 753. The predicted octanol–water partition coefficient (Wildman–Crippen LogP) is 3.32. The number of benzene rings is 1. The Balaban J connectivity index is 1.70. The van der Waals surface area contributed by atoms with Gasteiger partial charge in [-0.15, -0.1) is 13.2 Å². The van der Waals surface area contributed by atoms with E-state index in [2.05, 4.69) is 20.3 Å². The van der Waals surface area contributed by atoms with Crippen LogP contribution in [0.25, 0.3) is 11.3 Å². The van der Waals surface area contributed by atoms with Crippen molar-refractivity contribution in [2.24, 2.45) is 0 Å². The number of halogens is 3. The van der Waals surface area contributed by atoms with Crippen LogP contribution in [0.1, 0.15) is 24.1 Å². The van der Waals surface area contributed by atoms with Gasteiger partial charge < -0.3 is 19.9 Å². The lowest BCUT2D eigenvalue weighted by Crippen LogP contribution is -2.34. The topological polar surface area (TPSA) is 76.5 Å². The number of phenolic OH excluding ortho intramolecular Hbond substituents is 1. The van der Waals surface area contributed by atoms with E-state index in [1.807, 2.05) is 0 Å². The number of alkyl halides is 3. The fourth-order valence-electron chi connectivity index (χ4n) is 3.00. The van der Waals surface area contributed by atoms with Crippen LogP contribution in [0.3, 0.4) is 0 Å². The number of hydrogen-bond acceptors (Lipinski definition) is 6. The molecule has 0 spiro atoms. The van der Waals surface area contributed by atoms with Gasteiger partial charge in [0, 0.05) is 37.4 Å². The molecule has 2 aromatic rings. The van der Waals surface area contributed by atoms with Gasteiger partial charge in [-0.25, -0.2) is 0 Å².